The van der Waals surface area contributed by atoms with Gasteiger partial charge in [0.1, 0.15) is 12.1 Å². The lowest BCUT2D eigenvalue weighted by Crippen LogP contribution is -2.46. The molecule has 3 rings (SSSR count). The van der Waals surface area contributed by atoms with Crippen LogP contribution in [0.1, 0.15) is 18.1 Å². The number of amides is 6. The number of rotatable bonds is 5. The molecule has 0 spiro atoms. The highest BCUT2D eigenvalue weighted by molar-refractivity contribution is 6.32. The molecule has 0 saturated carbocycles. The topological polar surface area (TPSA) is 108 Å². The number of hydrogen-bond donors (Lipinski definition) is 3. The van der Waals surface area contributed by atoms with E-state index in [1.807, 2.05) is 30.3 Å². The molecular weight excluding hydrogens is 396 g/mol. The largest absolute Gasteiger partial charge is 0.334 e. The molecule has 1 aliphatic heterocycles. The minimum absolute atomic E-state index is 0.230. The molecule has 0 radical (unpaired) electrons. The van der Waals surface area contributed by atoms with Gasteiger partial charge >= 0.3 is 12.1 Å². The fourth-order valence-corrected chi connectivity index (χ4v) is 3.35. The van der Waals surface area contributed by atoms with Gasteiger partial charge in [0.15, 0.2) is 0 Å². The first-order valence-corrected chi connectivity index (χ1v) is 9.20. The zero-order valence-electron chi connectivity index (χ0n) is 15.6. The van der Waals surface area contributed by atoms with E-state index in [1.165, 1.54) is 6.92 Å². The van der Waals surface area contributed by atoms with Crippen LogP contribution in [0.2, 0.25) is 5.02 Å². The van der Waals surface area contributed by atoms with Crippen LogP contribution in [-0.4, -0.2) is 35.3 Å². The van der Waals surface area contributed by atoms with Crippen LogP contribution in [-0.2, 0) is 21.7 Å². The summed E-state index contributed by atoms with van der Waals surface area (Å²) in [4.78, 5) is 49.9. The lowest BCUT2D eigenvalue weighted by molar-refractivity contribution is -0.134. The first-order valence-electron chi connectivity index (χ1n) is 8.82. The Bertz CT molecular complexity index is 966. The van der Waals surface area contributed by atoms with Crippen molar-refractivity contribution in [3.63, 3.8) is 0 Å². The summed E-state index contributed by atoms with van der Waals surface area (Å²) in [6, 6.07) is 14.3. The standard InChI is InChI=1S/C20H19ClN4O4/c1-20(14-9-5-6-10-15(14)21)17(27)25(19(29)24-20)12-16(26)23-18(28)22-11-13-7-3-2-4-8-13/h2-10H,11-12H2,1H3,(H,24,29)(H2,22,23,26,28)/t20-/m0/s1. The van der Waals surface area contributed by atoms with Crippen LogP contribution in [0.5, 0.6) is 0 Å². The molecule has 0 unspecified atom stereocenters. The molecular formula is C20H19ClN4O4. The van der Waals surface area contributed by atoms with Crippen LogP contribution in [0.15, 0.2) is 54.6 Å². The molecule has 1 saturated heterocycles. The van der Waals surface area contributed by atoms with E-state index in [0.717, 1.165) is 10.5 Å². The van der Waals surface area contributed by atoms with Gasteiger partial charge in [0.05, 0.1) is 0 Å². The van der Waals surface area contributed by atoms with Crippen molar-refractivity contribution in [1.29, 1.82) is 0 Å². The molecule has 2 aromatic rings. The average molecular weight is 415 g/mol. The van der Waals surface area contributed by atoms with Crippen LogP contribution in [0, 0.1) is 0 Å². The van der Waals surface area contributed by atoms with Crippen LogP contribution in [0.4, 0.5) is 9.59 Å². The third kappa shape index (κ3) is 4.38. The summed E-state index contributed by atoms with van der Waals surface area (Å²) in [5.41, 5.74) is -0.117. The van der Waals surface area contributed by atoms with Crippen LogP contribution >= 0.6 is 11.6 Å². The molecule has 150 valence electrons. The van der Waals surface area contributed by atoms with E-state index in [1.54, 1.807) is 24.3 Å². The van der Waals surface area contributed by atoms with E-state index in [2.05, 4.69) is 16.0 Å². The molecule has 6 amide bonds. The third-order valence-electron chi connectivity index (χ3n) is 4.54. The minimum atomic E-state index is -1.40. The van der Waals surface area contributed by atoms with Gasteiger partial charge in [0, 0.05) is 17.1 Å². The Morgan fingerprint density at radius 3 is 2.41 bits per heavy atom. The molecule has 0 aromatic heterocycles. The lowest BCUT2D eigenvalue weighted by Gasteiger charge is -2.23. The van der Waals surface area contributed by atoms with Crippen molar-refractivity contribution in [2.75, 3.05) is 6.54 Å². The summed E-state index contributed by atoms with van der Waals surface area (Å²) in [6.07, 6.45) is 0. The number of nitrogens with one attached hydrogen (secondary N) is 3. The average Bonchev–Trinajstić information content (AvgIpc) is 2.91. The zero-order chi connectivity index (χ0) is 21.0. The molecule has 1 heterocycles. The Morgan fingerprint density at radius 1 is 1.07 bits per heavy atom. The summed E-state index contributed by atoms with van der Waals surface area (Å²) in [5, 5.41) is 7.52. The first-order chi connectivity index (χ1) is 13.8. The second kappa shape index (κ2) is 8.32. The Balaban J connectivity index is 1.60. The van der Waals surface area contributed by atoms with Crippen molar-refractivity contribution in [2.24, 2.45) is 0 Å². The van der Waals surface area contributed by atoms with Crippen molar-refractivity contribution in [3.8, 4) is 0 Å². The number of imide groups is 2. The van der Waals surface area contributed by atoms with Gasteiger partial charge in [-0.2, -0.15) is 0 Å². The maximum absolute atomic E-state index is 12.8. The van der Waals surface area contributed by atoms with Gasteiger partial charge in [-0.3, -0.25) is 19.8 Å². The summed E-state index contributed by atoms with van der Waals surface area (Å²) in [6.45, 7) is 1.15. The van der Waals surface area contributed by atoms with E-state index >= 15 is 0 Å². The zero-order valence-corrected chi connectivity index (χ0v) is 16.3. The van der Waals surface area contributed by atoms with Crippen LogP contribution in [0.3, 0.4) is 0 Å². The van der Waals surface area contributed by atoms with Gasteiger partial charge in [-0.15, -0.1) is 0 Å². The lowest BCUT2D eigenvalue weighted by atomic mass is 9.92. The highest BCUT2D eigenvalue weighted by atomic mass is 35.5. The Hall–Kier alpha value is -3.39. The predicted octanol–water partition coefficient (Wildman–Crippen LogP) is 2.13. The second-order valence-corrected chi connectivity index (χ2v) is 7.05. The van der Waals surface area contributed by atoms with Gasteiger partial charge < -0.3 is 10.6 Å². The second-order valence-electron chi connectivity index (χ2n) is 6.64. The maximum atomic E-state index is 12.8. The van der Waals surface area contributed by atoms with E-state index < -0.39 is 36.0 Å². The van der Waals surface area contributed by atoms with Crippen molar-refractivity contribution in [3.05, 3.63) is 70.7 Å². The monoisotopic (exact) mass is 414 g/mol. The van der Waals surface area contributed by atoms with Crippen molar-refractivity contribution >= 4 is 35.5 Å². The molecule has 9 heteroatoms. The van der Waals surface area contributed by atoms with Crippen molar-refractivity contribution in [2.45, 2.75) is 19.0 Å². The quantitative estimate of drug-likeness (QED) is 0.651. The molecule has 0 bridgehead atoms. The predicted molar refractivity (Wildman–Crippen MR) is 106 cm³/mol. The highest BCUT2D eigenvalue weighted by Crippen LogP contribution is 2.33. The van der Waals surface area contributed by atoms with Gasteiger partial charge in [-0.25, -0.2) is 9.59 Å². The molecule has 1 atom stereocenters. The summed E-state index contributed by atoms with van der Waals surface area (Å²) in [7, 11) is 0. The number of carbonyl (C=O) groups excluding carboxylic acids is 4. The normalized spacial score (nSPS) is 18.3. The Labute approximate surface area is 172 Å². The molecule has 0 aliphatic carbocycles. The first kappa shape index (κ1) is 20.3. The van der Waals surface area contributed by atoms with Gasteiger partial charge in [0.2, 0.25) is 5.91 Å². The molecule has 1 aliphatic rings. The molecule has 1 fully saturated rings. The summed E-state index contributed by atoms with van der Waals surface area (Å²) < 4.78 is 0. The third-order valence-corrected chi connectivity index (χ3v) is 4.87. The van der Waals surface area contributed by atoms with Crippen LogP contribution in [0.25, 0.3) is 0 Å². The van der Waals surface area contributed by atoms with Crippen LogP contribution < -0.4 is 16.0 Å². The number of hydrogen-bond acceptors (Lipinski definition) is 4. The smallest absolute Gasteiger partial charge is 0.325 e. The van der Waals surface area contributed by atoms with E-state index in [-0.39, 0.29) is 6.54 Å². The van der Waals surface area contributed by atoms with Gasteiger partial charge in [-0.1, -0.05) is 60.1 Å². The van der Waals surface area contributed by atoms with Gasteiger partial charge in [-0.05, 0) is 18.6 Å². The van der Waals surface area contributed by atoms with E-state index in [9.17, 15) is 19.2 Å². The van der Waals surface area contributed by atoms with E-state index in [4.69, 9.17) is 11.6 Å². The number of benzene rings is 2. The molecule has 29 heavy (non-hydrogen) atoms. The Kier molecular flexibility index (Phi) is 5.84. The number of halogens is 1. The number of nitrogens with zero attached hydrogens (tertiary/aromatic N) is 1. The SMILES string of the molecule is C[C@@]1(c2ccccc2Cl)NC(=O)N(CC(=O)NC(=O)NCc2ccccc2)C1=O. The highest BCUT2D eigenvalue weighted by Gasteiger charge is 2.50. The summed E-state index contributed by atoms with van der Waals surface area (Å²) >= 11 is 6.16. The number of carbonyl (C=O) groups is 4. The maximum Gasteiger partial charge on any atom is 0.325 e. The minimum Gasteiger partial charge on any atom is -0.334 e. The van der Waals surface area contributed by atoms with Crippen molar-refractivity contribution in [1.82, 2.24) is 20.9 Å². The fourth-order valence-electron chi connectivity index (χ4n) is 3.02. The number of urea groups is 2. The molecule has 8 nitrogen and oxygen atoms in total. The summed E-state index contributed by atoms with van der Waals surface area (Å²) in [5.74, 6) is -1.42. The van der Waals surface area contributed by atoms with Gasteiger partial charge in [0.25, 0.3) is 5.91 Å². The Morgan fingerprint density at radius 2 is 1.72 bits per heavy atom. The molecule has 2 aromatic carbocycles. The fraction of sp³-hybridized carbons (Fsp3) is 0.200. The molecule has 3 N–H and O–H groups in total. The van der Waals surface area contributed by atoms with Crippen molar-refractivity contribution < 1.29 is 19.2 Å². The van der Waals surface area contributed by atoms with E-state index in [0.29, 0.717) is 10.6 Å².